The SMILES string of the molecule is COC(=O)NC1CCCCOCc2[nH]c(nc2-c2ccc(-c3ccc(C(=O)Nc4ccc(N5CCOCC5)cc4)cc3)cc2)[C@@H]2CCCN2C1=O. The standard InChI is InChI=1S/C39H44N6O6/c1-49-39(48)42-32-5-2-3-22-51-25-33-35(43-36(41-33)34-6-4-19-45(34)38(32)47)28-11-7-26(8-12-28)27-9-13-29(14-10-27)37(46)40-30-15-17-31(18-16-30)44-20-23-50-24-21-44/h7-18,32,34H,2-6,19-25H2,1H3,(H,40,46)(H,41,43)(H,42,48)/t32?,34-/m0/s1. The highest BCUT2D eigenvalue weighted by Crippen LogP contribution is 2.35. The summed E-state index contributed by atoms with van der Waals surface area (Å²) in [6.07, 6.45) is 3.01. The zero-order chi connectivity index (χ0) is 35.2. The lowest BCUT2D eigenvalue weighted by atomic mass is 10.0. The number of amides is 3. The normalized spacial score (nSPS) is 19.7. The molecule has 2 saturated heterocycles. The number of aromatic amines is 1. The van der Waals surface area contributed by atoms with Crippen LogP contribution >= 0.6 is 0 Å². The van der Waals surface area contributed by atoms with Crippen molar-refractivity contribution in [3.8, 4) is 22.4 Å². The molecule has 3 aromatic carbocycles. The summed E-state index contributed by atoms with van der Waals surface area (Å²) in [6.45, 7) is 4.68. The maximum Gasteiger partial charge on any atom is 0.407 e. The zero-order valence-electron chi connectivity index (χ0n) is 28.9. The van der Waals surface area contributed by atoms with Gasteiger partial charge in [-0.1, -0.05) is 36.4 Å². The van der Waals surface area contributed by atoms with Crippen molar-refractivity contribution in [3.05, 3.63) is 89.9 Å². The molecular weight excluding hydrogens is 648 g/mol. The molecule has 1 aromatic heterocycles. The Labute approximate surface area is 297 Å². The molecule has 0 saturated carbocycles. The molecule has 12 nitrogen and oxygen atoms in total. The number of ether oxygens (including phenoxy) is 3. The van der Waals surface area contributed by atoms with Gasteiger partial charge in [0.25, 0.3) is 5.91 Å². The fourth-order valence-corrected chi connectivity index (χ4v) is 7.05. The first-order chi connectivity index (χ1) is 25.0. The number of anilines is 2. The van der Waals surface area contributed by atoms with Crippen molar-refractivity contribution in [3.63, 3.8) is 0 Å². The molecular formula is C39H44N6O6. The molecule has 4 aromatic rings. The van der Waals surface area contributed by atoms with E-state index >= 15 is 0 Å². The van der Waals surface area contributed by atoms with E-state index in [0.29, 0.717) is 31.7 Å². The average molecular weight is 693 g/mol. The van der Waals surface area contributed by atoms with Crippen LogP contribution in [0.5, 0.6) is 0 Å². The molecule has 3 aliphatic heterocycles. The van der Waals surface area contributed by atoms with E-state index in [0.717, 1.165) is 97.3 Å². The molecule has 0 aliphatic carbocycles. The monoisotopic (exact) mass is 692 g/mol. The number of imidazole rings is 1. The summed E-state index contributed by atoms with van der Waals surface area (Å²) < 4.78 is 16.3. The summed E-state index contributed by atoms with van der Waals surface area (Å²) in [5.41, 5.74) is 7.04. The number of morpholine rings is 1. The van der Waals surface area contributed by atoms with Gasteiger partial charge >= 0.3 is 6.09 Å². The van der Waals surface area contributed by atoms with Gasteiger partial charge in [0.1, 0.15) is 11.9 Å². The molecule has 0 spiro atoms. The number of fused-ring (bicyclic) bond motifs is 4. The maximum absolute atomic E-state index is 13.7. The molecule has 51 heavy (non-hydrogen) atoms. The van der Waals surface area contributed by atoms with Gasteiger partial charge in [-0.05, 0) is 79.6 Å². The van der Waals surface area contributed by atoms with Crippen LogP contribution in [0.3, 0.4) is 0 Å². The van der Waals surface area contributed by atoms with Crippen molar-refractivity contribution >= 4 is 29.3 Å². The Morgan fingerprint density at radius 2 is 1.53 bits per heavy atom. The predicted molar refractivity (Wildman–Crippen MR) is 193 cm³/mol. The topological polar surface area (TPSA) is 138 Å². The van der Waals surface area contributed by atoms with Gasteiger partial charge in [-0.25, -0.2) is 9.78 Å². The van der Waals surface area contributed by atoms with Crippen LogP contribution in [0.25, 0.3) is 22.4 Å². The minimum Gasteiger partial charge on any atom is -0.453 e. The maximum atomic E-state index is 13.7. The molecule has 1 unspecified atom stereocenters. The van der Waals surface area contributed by atoms with E-state index < -0.39 is 12.1 Å². The third kappa shape index (κ3) is 7.92. The minimum atomic E-state index is -0.665. The van der Waals surface area contributed by atoms with Crippen molar-refractivity contribution < 1.29 is 28.6 Å². The third-order valence-corrected chi connectivity index (χ3v) is 9.84. The molecule has 3 aliphatic rings. The van der Waals surface area contributed by atoms with Crippen molar-refractivity contribution in [2.24, 2.45) is 0 Å². The van der Waals surface area contributed by atoms with Crippen molar-refractivity contribution in [2.75, 3.05) is 56.8 Å². The Kier molecular flexibility index (Phi) is 10.6. The molecule has 12 heteroatoms. The largest absolute Gasteiger partial charge is 0.453 e. The fourth-order valence-electron chi connectivity index (χ4n) is 7.05. The van der Waals surface area contributed by atoms with E-state index in [4.69, 9.17) is 19.2 Å². The lowest BCUT2D eigenvalue weighted by molar-refractivity contribution is -0.134. The lowest BCUT2D eigenvalue weighted by Crippen LogP contribution is -2.48. The summed E-state index contributed by atoms with van der Waals surface area (Å²) in [5.74, 6) is 0.439. The van der Waals surface area contributed by atoms with Crippen LogP contribution < -0.4 is 15.5 Å². The van der Waals surface area contributed by atoms with Crippen LogP contribution in [0.2, 0.25) is 0 Å². The summed E-state index contributed by atoms with van der Waals surface area (Å²) in [5, 5.41) is 5.74. The molecule has 3 N–H and O–H groups in total. The highest BCUT2D eigenvalue weighted by molar-refractivity contribution is 6.04. The summed E-state index contributed by atoms with van der Waals surface area (Å²) in [6, 6.07) is 22.8. The number of rotatable bonds is 6. The van der Waals surface area contributed by atoms with Gasteiger partial charge in [0.05, 0.1) is 44.4 Å². The first-order valence-electron chi connectivity index (χ1n) is 17.7. The third-order valence-electron chi connectivity index (χ3n) is 9.84. The van der Waals surface area contributed by atoms with Crippen LogP contribution in [0, 0.1) is 0 Å². The van der Waals surface area contributed by atoms with Crippen LogP contribution in [-0.2, 0) is 25.6 Å². The number of benzene rings is 3. The zero-order valence-corrected chi connectivity index (χ0v) is 28.9. The Balaban J connectivity index is 1.04. The number of carbonyl (C=O) groups is 3. The van der Waals surface area contributed by atoms with Gasteiger partial charge in [0.2, 0.25) is 5.91 Å². The van der Waals surface area contributed by atoms with Crippen molar-refractivity contribution in [1.29, 1.82) is 0 Å². The van der Waals surface area contributed by atoms with Crippen LogP contribution in [-0.4, -0.2) is 85.4 Å². The number of aromatic nitrogens is 2. The molecule has 7 rings (SSSR count). The first-order valence-corrected chi connectivity index (χ1v) is 17.7. The second-order valence-corrected chi connectivity index (χ2v) is 13.1. The minimum absolute atomic E-state index is 0.117. The van der Waals surface area contributed by atoms with E-state index in [-0.39, 0.29) is 17.9 Å². The van der Waals surface area contributed by atoms with E-state index in [1.54, 1.807) is 0 Å². The number of hydrogen-bond donors (Lipinski definition) is 3. The molecule has 2 fully saturated rings. The summed E-state index contributed by atoms with van der Waals surface area (Å²) >= 11 is 0. The number of alkyl carbamates (subject to hydrolysis) is 1. The number of methoxy groups -OCH3 is 1. The average Bonchev–Trinajstić information content (AvgIpc) is 3.84. The van der Waals surface area contributed by atoms with Crippen LogP contribution in [0.1, 0.15) is 60.0 Å². The number of carbonyl (C=O) groups excluding carboxylic acids is 3. The van der Waals surface area contributed by atoms with Crippen molar-refractivity contribution in [1.82, 2.24) is 20.2 Å². The number of nitrogens with one attached hydrogen (secondary N) is 3. The second-order valence-electron chi connectivity index (χ2n) is 13.1. The lowest BCUT2D eigenvalue weighted by Gasteiger charge is -2.28. The Morgan fingerprint density at radius 3 is 2.25 bits per heavy atom. The van der Waals surface area contributed by atoms with Crippen molar-refractivity contribution in [2.45, 2.75) is 50.8 Å². The summed E-state index contributed by atoms with van der Waals surface area (Å²) in [4.78, 5) is 51.4. The van der Waals surface area contributed by atoms with Gasteiger partial charge in [0.15, 0.2) is 0 Å². The summed E-state index contributed by atoms with van der Waals surface area (Å²) in [7, 11) is 1.30. The Hall–Kier alpha value is -5.20. The van der Waals surface area contributed by atoms with E-state index in [9.17, 15) is 14.4 Å². The first kappa shape index (κ1) is 34.3. The highest BCUT2D eigenvalue weighted by atomic mass is 16.5. The van der Waals surface area contributed by atoms with Crippen LogP contribution in [0.4, 0.5) is 16.2 Å². The van der Waals surface area contributed by atoms with Gasteiger partial charge < -0.3 is 39.6 Å². The molecule has 0 radical (unpaired) electrons. The van der Waals surface area contributed by atoms with Gasteiger partial charge in [-0.2, -0.15) is 0 Å². The predicted octanol–water partition coefficient (Wildman–Crippen LogP) is 5.92. The fraction of sp³-hybridized carbons (Fsp3) is 0.385. The van der Waals surface area contributed by atoms with E-state index in [1.165, 1.54) is 7.11 Å². The molecule has 266 valence electrons. The molecule has 3 amide bonds. The number of nitrogens with zero attached hydrogens (tertiary/aromatic N) is 3. The molecule has 4 heterocycles. The molecule has 2 atom stereocenters. The van der Waals surface area contributed by atoms with Crippen LogP contribution in [0.15, 0.2) is 72.8 Å². The van der Waals surface area contributed by atoms with Gasteiger partial charge in [-0.3, -0.25) is 9.59 Å². The smallest absolute Gasteiger partial charge is 0.407 e. The van der Waals surface area contributed by atoms with E-state index in [2.05, 4.69) is 20.5 Å². The number of H-pyrrole nitrogens is 1. The quantitative estimate of drug-likeness (QED) is 0.227. The second kappa shape index (κ2) is 15.8. The Bertz CT molecular complexity index is 1820. The van der Waals surface area contributed by atoms with Gasteiger partial charge in [0, 0.05) is 48.7 Å². The highest BCUT2D eigenvalue weighted by Gasteiger charge is 2.37. The van der Waals surface area contributed by atoms with E-state index in [1.807, 2.05) is 77.7 Å². The molecule has 2 bridgehead atoms. The van der Waals surface area contributed by atoms with Gasteiger partial charge in [-0.15, -0.1) is 0 Å². The number of hydrogen-bond acceptors (Lipinski definition) is 8. The Morgan fingerprint density at radius 1 is 0.824 bits per heavy atom.